The number of rotatable bonds is 6. The van der Waals surface area contributed by atoms with Crippen molar-refractivity contribution in [1.29, 1.82) is 0 Å². The van der Waals surface area contributed by atoms with Crippen LogP contribution in [0.3, 0.4) is 0 Å². The summed E-state index contributed by atoms with van der Waals surface area (Å²) >= 11 is 8.84. The molecule has 0 aliphatic rings. The Bertz CT molecular complexity index is 644. The molecule has 0 unspecified atom stereocenters. The van der Waals surface area contributed by atoms with Gasteiger partial charge in [0.25, 0.3) is 0 Å². The van der Waals surface area contributed by atoms with E-state index in [0.29, 0.717) is 44.3 Å². The molecule has 0 aliphatic heterocycles. The lowest BCUT2D eigenvalue weighted by Gasteiger charge is -2.16. The highest BCUT2D eigenvalue weighted by Gasteiger charge is 2.15. The second-order valence-corrected chi connectivity index (χ2v) is 5.42. The smallest absolute Gasteiger partial charge is 0.164 e. The van der Waals surface area contributed by atoms with Gasteiger partial charge in [0.2, 0.25) is 0 Å². The van der Waals surface area contributed by atoms with Gasteiger partial charge in [-0.2, -0.15) is 0 Å². The fraction of sp³-hybridized carbons (Fsp3) is 0.250. The van der Waals surface area contributed by atoms with Crippen molar-refractivity contribution in [2.45, 2.75) is 9.79 Å². The molecule has 2 aromatic carbocycles. The Kier molecular flexibility index (Phi) is 5.79. The Labute approximate surface area is 146 Å². The van der Waals surface area contributed by atoms with Crippen LogP contribution in [0.2, 0.25) is 0 Å². The number of hydrogen-bond acceptors (Lipinski definition) is 7. The van der Waals surface area contributed by atoms with Crippen LogP contribution in [0, 0.1) is 0 Å². The van der Waals surface area contributed by atoms with E-state index in [1.807, 2.05) is 0 Å². The minimum Gasteiger partial charge on any atom is -0.493 e. The molecule has 0 atom stereocenters. The molecule has 2 rings (SSSR count). The molecular formula is C16H18O5S2. The maximum atomic E-state index is 5.90. The first-order chi connectivity index (χ1) is 11.0. The summed E-state index contributed by atoms with van der Waals surface area (Å²) in [6.45, 7) is 0. The van der Waals surface area contributed by atoms with Gasteiger partial charge >= 0.3 is 0 Å². The number of thiol groups is 2. The lowest BCUT2D eigenvalue weighted by Crippen LogP contribution is -1.95. The first kappa shape index (κ1) is 17.5. The lowest BCUT2D eigenvalue weighted by molar-refractivity contribution is 0.345. The third kappa shape index (κ3) is 3.73. The Balaban J connectivity index is 2.43. The van der Waals surface area contributed by atoms with Gasteiger partial charge in [-0.3, -0.25) is 0 Å². The molecule has 5 nitrogen and oxygen atoms in total. The van der Waals surface area contributed by atoms with Gasteiger partial charge in [0.05, 0.1) is 38.2 Å². The van der Waals surface area contributed by atoms with Crippen molar-refractivity contribution < 1.29 is 23.7 Å². The molecule has 0 amide bonds. The summed E-state index contributed by atoms with van der Waals surface area (Å²) in [6.07, 6.45) is 0. The van der Waals surface area contributed by atoms with Crippen molar-refractivity contribution in [2.75, 3.05) is 28.4 Å². The molecule has 7 heteroatoms. The van der Waals surface area contributed by atoms with Crippen molar-refractivity contribution in [1.82, 2.24) is 0 Å². The predicted octanol–water partition coefficient (Wildman–Crippen LogP) is 4.09. The largest absolute Gasteiger partial charge is 0.493 e. The first-order valence-corrected chi connectivity index (χ1v) is 7.51. The van der Waals surface area contributed by atoms with E-state index in [2.05, 4.69) is 25.3 Å². The SMILES string of the molecule is COc1cc(S)c(Oc2cc(OC)c(OC)cc2S)cc1OC. The van der Waals surface area contributed by atoms with E-state index >= 15 is 0 Å². The van der Waals surface area contributed by atoms with E-state index in [1.165, 1.54) is 0 Å². The first-order valence-electron chi connectivity index (χ1n) is 6.61. The van der Waals surface area contributed by atoms with Gasteiger partial charge in [0, 0.05) is 24.3 Å². The van der Waals surface area contributed by atoms with E-state index in [1.54, 1.807) is 52.7 Å². The van der Waals surface area contributed by atoms with Crippen LogP contribution in [0.15, 0.2) is 34.1 Å². The number of hydrogen-bond donors (Lipinski definition) is 2. The van der Waals surface area contributed by atoms with Crippen molar-refractivity contribution >= 4 is 25.3 Å². The van der Waals surface area contributed by atoms with Crippen LogP contribution in [0.25, 0.3) is 0 Å². The zero-order valence-electron chi connectivity index (χ0n) is 13.2. The fourth-order valence-corrected chi connectivity index (χ4v) is 2.44. The molecular weight excluding hydrogens is 336 g/mol. The Morgan fingerprint density at radius 2 is 0.826 bits per heavy atom. The third-order valence-corrected chi connectivity index (χ3v) is 3.85. The summed E-state index contributed by atoms with van der Waals surface area (Å²) in [7, 11) is 6.23. The fourth-order valence-electron chi connectivity index (χ4n) is 1.98. The quantitative estimate of drug-likeness (QED) is 0.765. The summed E-state index contributed by atoms with van der Waals surface area (Å²) in [5.74, 6) is 3.25. The molecule has 2 aromatic rings. The van der Waals surface area contributed by atoms with Crippen LogP contribution >= 0.6 is 25.3 Å². The molecule has 0 N–H and O–H groups in total. The average Bonchev–Trinajstić information content (AvgIpc) is 2.57. The van der Waals surface area contributed by atoms with Gasteiger partial charge in [-0.05, 0) is 0 Å². The molecule has 0 saturated carbocycles. The van der Waals surface area contributed by atoms with Gasteiger partial charge in [0.1, 0.15) is 11.5 Å². The predicted molar refractivity (Wildman–Crippen MR) is 93.7 cm³/mol. The second-order valence-electron chi connectivity index (χ2n) is 4.45. The number of benzene rings is 2. The maximum absolute atomic E-state index is 5.90. The Morgan fingerprint density at radius 3 is 1.13 bits per heavy atom. The van der Waals surface area contributed by atoms with Gasteiger partial charge in [-0.15, -0.1) is 25.3 Å². The summed E-state index contributed by atoms with van der Waals surface area (Å²) in [5, 5.41) is 0. The molecule has 0 radical (unpaired) electrons. The van der Waals surface area contributed by atoms with Gasteiger partial charge in [0.15, 0.2) is 23.0 Å². The highest BCUT2D eigenvalue weighted by Crippen LogP contribution is 2.42. The zero-order valence-corrected chi connectivity index (χ0v) is 15.0. The summed E-state index contributed by atoms with van der Waals surface area (Å²) in [5.41, 5.74) is 0. The van der Waals surface area contributed by atoms with Crippen LogP contribution < -0.4 is 23.7 Å². The molecule has 0 aliphatic carbocycles. The minimum atomic E-state index is 0.508. The molecule has 124 valence electrons. The lowest BCUT2D eigenvalue weighted by atomic mass is 10.2. The van der Waals surface area contributed by atoms with Gasteiger partial charge in [-0.25, -0.2) is 0 Å². The monoisotopic (exact) mass is 354 g/mol. The van der Waals surface area contributed by atoms with Crippen LogP contribution in [0.1, 0.15) is 0 Å². The van der Waals surface area contributed by atoms with Gasteiger partial charge in [-0.1, -0.05) is 0 Å². The molecule has 0 bridgehead atoms. The highest BCUT2D eigenvalue weighted by atomic mass is 32.1. The molecule has 0 saturated heterocycles. The van der Waals surface area contributed by atoms with E-state index in [4.69, 9.17) is 23.7 Å². The molecule has 0 aromatic heterocycles. The molecule has 0 spiro atoms. The van der Waals surface area contributed by atoms with Crippen LogP contribution in [0.5, 0.6) is 34.5 Å². The maximum Gasteiger partial charge on any atom is 0.164 e. The number of ether oxygens (including phenoxy) is 5. The van der Waals surface area contributed by atoms with Crippen LogP contribution in [0.4, 0.5) is 0 Å². The van der Waals surface area contributed by atoms with Gasteiger partial charge < -0.3 is 23.7 Å². The van der Waals surface area contributed by atoms with Crippen molar-refractivity contribution in [2.24, 2.45) is 0 Å². The minimum absolute atomic E-state index is 0.508. The standard InChI is InChI=1S/C16H18O5S2/c1-17-9-5-13(15(22)7-11(9)19-3)21-14-6-10(18-2)12(20-4)8-16(14)23/h5-8,22-23H,1-4H3. The highest BCUT2D eigenvalue weighted by molar-refractivity contribution is 7.80. The van der Waals surface area contributed by atoms with Crippen LogP contribution in [-0.4, -0.2) is 28.4 Å². The molecule has 23 heavy (non-hydrogen) atoms. The Hall–Kier alpha value is -1.86. The van der Waals surface area contributed by atoms with Crippen molar-refractivity contribution in [3.05, 3.63) is 24.3 Å². The zero-order chi connectivity index (χ0) is 17.0. The van der Waals surface area contributed by atoms with E-state index < -0.39 is 0 Å². The van der Waals surface area contributed by atoms with E-state index in [9.17, 15) is 0 Å². The normalized spacial score (nSPS) is 10.2. The Morgan fingerprint density at radius 1 is 0.522 bits per heavy atom. The van der Waals surface area contributed by atoms with Crippen LogP contribution in [-0.2, 0) is 0 Å². The second kappa shape index (κ2) is 7.61. The summed E-state index contributed by atoms with van der Waals surface area (Å²) in [6, 6.07) is 6.84. The average molecular weight is 354 g/mol. The topological polar surface area (TPSA) is 46.2 Å². The molecule has 0 heterocycles. The third-order valence-electron chi connectivity index (χ3n) is 3.15. The van der Waals surface area contributed by atoms with Crippen molar-refractivity contribution in [3.8, 4) is 34.5 Å². The van der Waals surface area contributed by atoms with Crippen molar-refractivity contribution in [3.63, 3.8) is 0 Å². The summed E-state index contributed by atoms with van der Waals surface area (Å²) in [4.78, 5) is 1.20. The molecule has 0 fully saturated rings. The number of methoxy groups -OCH3 is 4. The van der Waals surface area contributed by atoms with E-state index in [-0.39, 0.29) is 0 Å². The summed E-state index contributed by atoms with van der Waals surface area (Å²) < 4.78 is 26.9. The van der Waals surface area contributed by atoms with E-state index in [0.717, 1.165) is 0 Å².